The summed E-state index contributed by atoms with van der Waals surface area (Å²) in [7, 11) is 2.14. The van der Waals surface area contributed by atoms with Crippen LogP contribution in [0.5, 0.6) is 0 Å². The second-order valence-electron chi connectivity index (χ2n) is 7.64. The Morgan fingerprint density at radius 2 is 1.64 bits per heavy atom. The van der Waals surface area contributed by atoms with E-state index in [1.54, 1.807) is 6.20 Å². The molecule has 3 aromatic heterocycles. The van der Waals surface area contributed by atoms with E-state index in [1.807, 2.05) is 29.6 Å². The summed E-state index contributed by atoms with van der Waals surface area (Å²) in [6.45, 7) is 3.48. The normalized spacial score (nSPS) is 10.8. The third-order valence-electron chi connectivity index (χ3n) is 5.78. The van der Waals surface area contributed by atoms with Crippen molar-refractivity contribution in [2.24, 2.45) is 12.0 Å². The van der Waals surface area contributed by atoms with Crippen LogP contribution in [0.25, 0.3) is 32.6 Å². The fourth-order valence-electron chi connectivity index (χ4n) is 4.19. The van der Waals surface area contributed by atoms with Gasteiger partial charge in [-0.25, -0.2) is 0 Å². The van der Waals surface area contributed by atoms with Gasteiger partial charge in [-0.15, -0.1) is 11.3 Å². The molecule has 3 aromatic carbocycles. The molecule has 0 aliphatic rings. The van der Waals surface area contributed by atoms with Gasteiger partial charge in [0, 0.05) is 40.6 Å². The van der Waals surface area contributed by atoms with E-state index in [0.717, 1.165) is 10.6 Å². The zero-order valence-corrected chi connectivity index (χ0v) is 19.0. The molecule has 6 aromatic rings. The van der Waals surface area contributed by atoms with Gasteiger partial charge in [-0.3, -0.25) is 15.4 Å². The van der Waals surface area contributed by atoms with Crippen molar-refractivity contribution in [2.45, 2.75) is 0 Å². The van der Waals surface area contributed by atoms with Crippen LogP contribution < -0.4 is 0 Å². The first kappa shape index (κ1) is 20.8. The first-order valence-electron chi connectivity index (χ1n) is 10.6. The number of aromatic nitrogens is 2. The summed E-state index contributed by atoms with van der Waals surface area (Å²) in [6, 6.07) is 29.0. The molecular formula is C28H22N4S. The Morgan fingerprint density at radius 1 is 0.879 bits per heavy atom. The van der Waals surface area contributed by atoms with Crippen LogP contribution in [-0.4, -0.2) is 22.0 Å². The predicted octanol–water partition coefficient (Wildman–Crippen LogP) is 7.38. The number of aliphatic imine (C=N–C) groups is 1. The zero-order chi connectivity index (χ0) is 22.8. The molecule has 0 saturated carbocycles. The minimum atomic E-state index is 0.388. The van der Waals surface area contributed by atoms with Crippen molar-refractivity contribution in [2.75, 3.05) is 0 Å². The average Bonchev–Trinajstić information content (AvgIpc) is 3.48. The molecule has 160 valence electrons. The van der Waals surface area contributed by atoms with Gasteiger partial charge in [-0.05, 0) is 53.2 Å². The van der Waals surface area contributed by atoms with Gasteiger partial charge < -0.3 is 4.57 Å². The van der Waals surface area contributed by atoms with Crippen molar-refractivity contribution in [3.8, 4) is 0 Å². The lowest BCUT2D eigenvalue weighted by Gasteiger charge is -2.01. The second kappa shape index (κ2) is 8.81. The lowest BCUT2D eigenvalue weighted by atomic mass is 10.0. The van der Waals surface area contributed by atoms with Gasteiger partial charge in [-0.1, -0.05) is 54.6 Å². The Morgan fingerprint density at radius 3 is 2.42 bits per heavy atom. The maximum absolute atomic E-state index is 7.99. The van der Waals surface area contributed by atoms with Gasteiger partial charge >= 0.3 is 0 Å². The maximum Gasteiger partial charge on any atom is 0.124 e. The second-order valence-corrected chi connectivity index (χ2v) is 8.54. The van der Waals surface area contributed by atoms with E-state index in [-0.39, 0.29) is 0 Å². The minimum Gasteiger partial charge on any atom is -0.344 e. The fourth-order valence-corrected chi connectivity index (χ4v) is 4.90. The number of nitrogens with one attached hydrogen (secondary N) is 1. The number of hydrogen-bond donors (Lipinski definition) is 1. The molecule has 0 radical (unpaired) electrons. The molecule has 0 unspecified atom stereocenters. The van der Waals surface area contributed by atoms with Crippen LogP contribution in [0, 0.1) is 5.41 Å². The standard InChI is InChI=1S/C17H13N.C11H9N3S/c1-18-15-9-5-4-8-14(15)17-13-7-3-2-6-12(13)10-11-16(17)18;1-13-11-8(5-7-15-11)10(12)9-4-2-3-6-14-9/h2-11H,1H3;2-7,12H,1H2. The molecular weight excluding hydrogens is 424 g/mol. The fraction of sp³-hybridized carbons (Fsp3) is 0.0357. The molecule has 0 spiro atoms. The molecule has 3 heterocycles. The molecule has 0 atom stereocenters. The highest BCUT2D eigenvalue weighted by Gasteiger charge is 2.11. The van der Waals surface area contributed by atoms with Crippen LogP contribution in [0.3, 0.4) is 0 Å². The third-order valence-corrected chi connectivity index (χ3v) is 6.63. The van der Waals surface area contributed by atoms with Gasteiger partial charge in [0.15, 0.2) is 0 Å². The number of rotatable bonds is 3. The summed E-state index contributed by atoms with van der Waals surface area (Å²) in [5, 5.41) is 16.0. The quantitative estimate of drug-likeness (QED) is 0.283. The largest absolute Gasteiger partial charge is 0.344 e. The monoisotopic (exact) mass is 446 g/mol. The molecule has 0 aliphatic heterocycles. The van der Waals surface area contributed by atoms with E-state index in [4.69, 9.17) is 5.41 Å². The van der Waals surface area contributed by atoms with Crippen molar-refractivity contribution in [3.05, 3.63) is 108 Å². The highest BCUT2D eigenvalue weighted by molar-refractivity contribution is 7.14. The Hall–Kier alpha value is -4.09. The van der Waals surface area contributed by atoms with Crippen molar-refractivity contribution < 1.29 is 0 Å². The first-order chi connectivity index (χ1) is 16.2. The average molecular weight is 447 g/mol. The van der Waals surface area contributed by atoms with E-state index in [9.17, 15) is 0 Å². The number of aryl methyl sites for hydroxylation is 1. The van der Waals surface area contributed by atoms with Crippen molar-refractivity contribution in [1.29, 1.82) is 5.41 Å². The van der Waals surface area contributed by atoms with Gasteiger partial charge in [0.25, 0.3) is 0 Å². The maximum atomic E-state index is 7.99. The SMILES string of the molecule is C=Nc1sccc1C(=N)c1ccccn1.Cn1c2ccccc2c2c3ccccc3ccc21. The zero-order valence-electron chi connectivity index (χ0n) is 18.2. The Balaban J connectivity index is 0.000000141. The molecule has 33 heavy (non-hydrogen) atoms. The number of para-hydroxylation sites is 1. The van der Waals surface area contributed by atoms with Crippen LogP contribution in [0.1, 0.15) is 11.3 Å². The van der Waals surface area contributed by atoms with Crippen LogP contribution in [-0.2, 0) is 7.05 Å². The van der Waals surface area contributed by atoms with Crippen molar-refractivity contribution >= 4 is 61.3 Å². The van der Waals surface area contributed by atoms with Gasteiger partial charge in [0.2, 0.25) is 0 Å². The Kier molecular flexibility index (Phi) is 5.55. The molecule has 0 fully saturated rings. The predicted molar refractivity (Wildman–Crippen MR) is 142 cm³/mol. The lowest BCUT2D eigenvalue weighted by Crippen LogP contribution is -2.02. The molecule has 4 nitrogen and oxygen atoms in total. The number of pyridine rings is 1. The van der Waals surface area contributed by atoms with Crippen molar-refractivity contribution in [3.63, 3.8) is 0 Å². The summed E-state index contributed by atoms with van der Waals surface area (Å²) in [4.78, 5) is 8.01. The van der Waals surface area contributed by atoms with Crippen LogP contribution >= 0.6 is 11.3 Å². The van der Waals surface area contributed by atoms with Gasteiger partial charge in [-0.2, -0.15) is 0 Å². The van der Waals surface area contributed by atoms with Gasteiger partial charge in [0.1, 0.15) is 5.00 Å². The van der Waals surface area contributed by atoms with E-state index in [1.165, 1.54) is 43.9 Å². The third kappa shape index (κ3) is 3.73. The molecule has 1 N–H and O–H groups in total. The van der Waals surface area contributed by atoms with Crippen LogP contribution in [0.15, 0.2) is 101 Å². The first-order valence-corrected chi connectivity index (χ1v) is 11.5. The van der Waals surface area contributed by atoms with Gasteiger partial charge in [0.05, 0.1) is 11.4 Å². The summed E-state index contributed by atoms with van der Waals surface area (Å²) in [5.74, 6) is 0. The number of nitrogens with zero attached hydrogens (tertiary/aromatic N) is 3. The smallest absolute Gasteiger partial charge is 0.124 e. The Labute approximate surface area is 196 Å². The summed E-state index contributed by atoms with van der Waals surface area (Å²) < 4.78 is 2.27. The lowest BCUT2D eigenvalue weighted by molar-refractivity contribution is 1.01. The number of fused-ring (bicyclic) bond motifs is 5. The van der Waals surface area contributed by atoms with E-state index in [2.05, 4.69) is 89.0 Å². The molecule has 0 bridgehead atoms. The topological polar surface area (TPSA) is 54.0 Å². The minimum absolute atomic E-state index is 0.388. The van der Waals surface area contributed by atoms with Crippen LogP contribution in [0.2, 0.25) is 0 Å². The number of hydrogen-bond acceptors (Lipinski definition) is 4. The molecule has 0 saturated heterocycles. The summed E-state index contributed by atoms with van der Waals surface area (Å²) in [6.07, 6.45) is 1.68. The molecule has 6 rings (SSSR count). The summed E-state index contributed by atoms with van der Waals surface area (Å²) >= 11 is 1.47. The number of benzene rings is 3. The molecule has 5 heteroatoms. The van der Waals surface area contributed by atoms with Crippen LogP contribution in [0.4, 0.5) is 5.00 Å². The summed E-state index contributed by atoms with van der Waals surface area (Å²) in [5.41, 5.74) is 4.42. The van der Waals surface area contributed by atoms with E-state index >= 15 is 0 Å². The van der Waals surface area contributed by atoms with Crippen molar-refractivity contribution in [1.82, 2.24) is 9.55 Å². The Bertz CT molecular complexity index is 1610. The molecule has 0 aliphatic carbocycles. The molecule has 0 amide bonds. The number of thiophene rings is 1. The van der Waals surface area contributed by atoms with E-state index < -0.39 is 0 Å². The van der Waals surface area contributed by atoms with E-state index in [0.29, 0.717) is 11.4 Å². The highest BCUT2D eigenvalue weighted by atomic mass is 32.1. The highest BCUT2D eigenvalue weighted by Crippen LogP contribution is 2.33.